The summed E-state index contributed by atoms with van der Waals surface area (Å²) in [6.07, 6.45) is 0. The highest BCUT2D eigenvalue weighted by Gasteiger charge is 2.03. The molecule has 1 aromatic rings. The summed E-state index contributed by atoms with van der Waals surface area (Å²) in [5.41, 5.74) is 0. The molecule has 0 amide bonds. The molecule has 0 radical (unpaired) electrons. The van der Waals surface area contributed by atoms with Crippen LogP contribution in [0.1, 0.15) is 30.4 Å². The van der Waals surface area contributed by atoms with Gasteiger partial charge in [0.1, 0.15) is 0 Å². The number of ketones is 1. The molecule has 0 bridgehead atoms. The summed E-state index contributed by atoms with van der Waals surface area (Å²) in [5, 5.41) is 0.449. The van der Waals surface area contributed by atoms with Crippen LogP contribution in [0.4, 0.5) is 0 Å². The molecule has 72 valence electrons. The maximum atomic E-state index is 10.7. The molecule has 0 spiro atoms. The number of hydrogen-bond acceptors (Lipinski definition) is 4. The molecular weight excluding hydrogens is 188 g/mol. The van der Waals surface area contributed by atoms with Crippen molar-refractivity contribution in [3.63, 3.8) is 0 Å². The van der Waals surface area contributed by atoms with Crippen LogP contribution in [0, 0.1) is 0 Å². The highest BCUT2D eigenvalue weighted by Crippen LogP contribution is 2.23. The Balaban J connectivity index is 0.000000671. The molecule has 0 N–H and O–H groups in total. The number of Topliss-reactive ketones (excluding diaryl/α,β-unsaturated/α-hetero) is 1. The van der Waals surface area contributed by atoms with Gasteiger partial charge in [0.2, 0.25) is 0 Å². The number of carbonyl (C=O) groups excluding carboxylic acids is 2. The van der Waals surface area contributed by atoms with Crippen LogP contribution in [0.3, 0.4) is 0 Å². The quantitative estimate of drug-likeness (QED) is 0.556. The van der Waals surface area contributed by atoms with Crippen LogP contribution in [0.2, 0.25) is 0 Å². The Kier molecular flexibility index (Phi) is 5.80. The van der Waals surface area contributed by atoms with Crippen LogP contribution in [-0.2, 0) is 4.79 Å². The van der Waals surface area contributed by atoms with Gasteiger partial charge in [-0.2, -0.15) is 0 Å². The van der Waals surface area contributed by atoms with Crippen molar-refractivity contribution < 1.29 is 14.3 Å². The third kappa shape index (κ3) is 3.85. The molecule has 0 aliphatic heterocycles. The minimum absolute atomic E-state index is 0.0178. The third-order valence-electron chi connectivity index (χ3n) is 1.09. The molecule has 3 nitrogen and oxygen atoms in total. The summed E-state index contributed by atoms with van der Waals surface area (Å²) >= 11 is 1.16. The lowest BCUT2D eigenvalue weighted by molar-refractivity contribution is -0.120. The van der Waals surface area contributed by atoms with Crippen LogP contribution in [-0.4, -0.2) is 12.3 Å². The van der Waals surface area contributed by atoms with Crippen molar-refractivity contribution in [1.82, 2.24) is 0 Å². The fourth-order valence-corrected chi connectivity index (χ4v) is 1.34. The summed E-state index contributed by atoms with van der Waals surface area (Å²) in [5.74, 6) is -0.0178. The minimum atomic E-state index is -0.0178. The molecule has 0 aromatic carbocycles. The Labute approximate surface area is 81.3 Å². The highest BCUT2D eigenvalue weighted by molar-refractivity contribution is 7.15. The lowest BCUT2D eigenvalue weighted by Gasteiger charge is -1.86. The highest BCUT2D eigenvalue weighted by atomic mass is 32.1. The molecule has 0 saturated carbocycles. The van der Waals surface area contributed by atoms with Gasteiger partial charge in [-0.05, 0) is 19.1 Å². The molecule has 4 heteroatoms. The van der Waals surface area contributed by atoms with E-state index >= 15 is 0 Å². The second kappa shape index (κ2) is 6.37. The zero-order valence-corrected chi connectivity index (χ0v) is 8.68. The zero-order valence-electron chi connectivity index (χ0n) is 7.87. The first-order chi connectivity index (χ1) is 6.24. The maximum Gasteiger partial charge on any atom is 0.299 e. The summed E-state index contributed by atoms with van der Waals surface area (Å²) in [4.78, 5) is 21.2. The Morgan fingerprint density at radius 2 is 2.08 bits per heavy atom. The maximum absolute atomic E-state index is 10.7. The second-order valence-corrected chi connectivity index (χ2v) is 2.94. The SMILES string of the molecule is CC.CC(=O)c1ccc(OC=O)s1. The standard InChI is InChI=1S/C7H6O3S.C2H6/c1-5(9)6-2-3-7(11-6)10-4-8;1-2/h2-4H,1H3;1-2H3. The lowest BCUT2D eigenvalue weighted by Crippen LogP contribution is -1.84. The Morgan fingerprint density at radius 1 is 1.46 bits per heavy atom. The van der Waals surface area contributed by atoms with Crippen molar-refractivity contribution in [2.24, 2.45) is 0 Å². The van der Waals surface area contributed by atoms with E-state index in [2.05, 4.69) is 4.74 Å². The van der Waals surface area contributed by atoms with Crippen molar-refractivity contribution in [2.75, 3.05) is 0 Å². The number of rotatable bonds is 3. The van der Waals surface area contributed by atoms with Gasteiger partial charge in [0.15, 0.2) is 10.8 Å². The van der Waals surface area contributed by atoms with E-state index in [0.29, 0.717) is 16.4 Å². The molecule has 0 fully saturated rings. The predicted molar refractivity (Wildman–Crippen MR) is 52.4 cm³/mol. The van der Waals surface area contributed by atoms with Gasteiger partial charge in [-0.1, -0.05) is 25.2 Å². The number of ether oxygens (including phenoxy) is 1. The normalized spacial score (nSPS) is 8.23. The molecule has 13 heavy (non-hydrogen) atoms. The molecule has 0 unspecified atom stereocenters. The monoisotopic (exact) mass is 200 g/mol. The average Bonchev–Trinajstić information content (AvgIpc) is 2.57. The van der Waals surface area contributed by atoms with Gasteiger partial charge in [0, 0.05) is 0 Å². The van der Waals surface area contributed by atoms with Crippen LogP contribution in [0.25, 0.3) is 0 Å². The van der Waals surface area contributed by atoms with Crippen LogP contribution in [0.15, 0.2) is 12.1 Å². The van der Waals surface area contributed by atoms with E-state index in [1.807, 2.05) is 13.8 Å². The van der Waals surface area contributed by atoms with E-state index in [9.17, 15) is 9.59 Å². The van der Waals surface area contributed by atoms with Gasteiger partial charge in [-0.3, -0.25) is 9.59 Å². The number of thiophene rings is 1. The van der Waals surface area contributed by atoms with E-state index in [0.717, 1.165) is 11.3 Å². The Bertz CT molecular complexity index is 278. The van der Waals surface area contributed by atoms with Crippen molar-refractivity contribution in [3.8, 4) is 5.06 Å². The first kappa shape index (κ1) is 11.8. The predicted octanol–water partition coefficient (Wildman–Crippen LogP) is 2.51. The smallest absolute Gasteiger partial charge is 0.299 e. The van der Waals surface area contributed by atoms with Gasteiger partial charge < -0.3 is 4.74 Å². The summed E-state index contributed by atoms with van der Waals surface area (Å²) < 4.78 is 4.52. The molecule has 1 heterocycles. The van der Waals surface area contributed by atoms with Gasteiger partial charge in [0.05, 0.1) is 4.88 Å². The van der Waals surface area contributed by atoms with Crippen LogP contribution in [0.5, 0.6) is 5.06 Å². The number of hydrogen-bond donors (Lipinski definition) is 0. The van der Waals surface area contributed by atoms with E-state index in [1.54, 1.807) is 12.1 Å². The van der Waals surface area contributed by atoms with Crippen molar-refractivity contribution in [1.29, 1.82) is 0 Å². The summed E-state index contributed by atoms with van der Waals surface area (Å²) in [6.45, 7) is 5.81. The minimum Gasteiger partial charge on any atom is -0.418 e. The Morgan fingerprint density at radius 3 is 2.46 bits per heavy atom. The first-order valence-corrected chi connectivity index (χ1v) is 4.77. The molecule has 1 rings (SSSR count). The van der Waals surface area contributed by atoms with E-state index in [-0.39, 0.29) is 5.78 Å². The Hall–Kier alpha value is -1.16. The lowest BCUT2D eigenvalue weighted by atomic mass is 10.4. The van der Waals surface area contributed by atoms with Crippen molar-refractivity contribution in [2.45, 2.75) is 20.8 Å². The molecule has 0 atom stereocenters. The zero-order chi connectivity index (χ0) is 10.3. The molecule has 0 saturated heterocycles. The number of carbonyl (C=O) groups is 2. The summed E-state index contributed by atoms with van der Waals surface area (Å²) in [7, 11) is 0. The van der Waals surface area contributed by atoms with E-state index in [1.165, 1.54) is 6.92 Å². The molecule has 0 aliphatic carbocycles. The van der Waals surface area contributed by atoms with Gasteiger partial charge in [0.25, 0.3) is 6.47 Å². The molecule has 0 aliphatic rings. The van der Waals surface area contributed by atoms with Crippen molar-refractivity contribution >= 4 is 23.6 Å². The van der Waals surface area contributed by atoms with Crippen molar-refractivity contribution in [3.05, 3.63) is 17.0 Å². The van der Waals surface area contributed by atoms with Crippen LogP contribution >= 0.6 is 11.3 Å². The summed E-state index contributed by atoms with van der Waals surface area (Å²) in [6, 6.07) is 3.22. The van der Waals surface area contributed by atoms with E-state index < -0.39 is 0 Å². The van der Waals surface area contributed by atoms with Gasteiger partial charge in [-0.15, -0.1) is 0 Å². The topological polar surface area (TPSA) is 43.4 Å². The average molecular weight is 200 g/mol. The fourth-order valence-electron chi connectivity index (χ4n) is 0.620. The fraction of sp³-hybridized carbons (Fsp3) is 0.333. The second-order valence-electron chi connectivity index (χ2n) is 1.89. The van der Waals surface area contributed by atoms with Gasteiger partial charge in [-0.25, -0.2) is 0 Å². The van der Waals surface area contributed by atoms with Gasteiger partial charge >= 0.3 is 0 Å². The van der Waals surface area contributed by atoms with E-state index in [4.69, 9.17) is 0 Å². The first-order valence-electron chi connectivity index (χ1n) is 3.95. The largest absolute Gasteiger partial charge is 0.418 e. The van der Waals surface area contributed by atoms with Crippen LogP contribution < -0.4 is 4.74 Å². The molecule has 1 aromatic heterocycles. The third-order valence-corrected chi connectivity index (χ3v) is 2.17. The molecular formula is C9H12O3S.